The van der Waals surface area contributed by atoms with Crippen LogP contribution in [0.5, 0.6) is 0 Å². The topological polar surface area (TPSA) is 75.7 Å². The Morgan fingerprint density at radius 2 is 1.84 bits per heavy atom. The van der Waals surface area contributed by atoms with E-state index in [0.29, 0.717) is 44.6 Å². The second-order valence-electron chi connectivity index (χ2n) is 5.92. The van der Waals surface area contributed by atoms with Gasteiger partial charge in [-0.2, -0.15) is 0 Å². The quantitative estimate of drug-likeness (QED) is 0.730. The molecule has 2 rings (SSSR count). The SMILES string of the molecule is CCOC(=O)C1CCN(C(=O)CCNC(=O)c2ccc(Br)cc2)CC1. The van der Waals surface area contributed by atoms with Crippen molar-refractivity contribution in [3.05, 3.63) is 34.3 Å². The zero-order valence-electron chi connectivity index (χ0n) is 14.3. The smallest absolute Gasteiger partial charge is 0.309 e. The molecule has 6 nitrogen and oxygen atoms in total. The van der Waals surface area contributed by atoms with Crippen molar-refractivity contribution in [2.45, 2.75) is 26.2 Å². The van der Waals surface area contributed by atoms with Crippen LogP contribution in [0.15, 0.2) is 28.7 Å². The summed E-state index contributed by atoms with van der Waals surface area (Å²) in [5.74, 6) is -0.475. The van der Waals surface area contributed by atoms with Gasteiger partial charge < -0.3 is 15.0 Å². The molecule has 2 amide bonds. The van der Waals surface area contributed by atoms with Gasteiger partial charge in [-0.3, -0.25) is 14.4 Å². The van der Waals surface area contributed by atoms with Crippen molar-refractivity contribution in [3.63, 3.8) is 0 Å². The molecule has 1 fully saturated rings. The normalized spacial score (nSPS) is 14.9. The minimum Gasteiger partial charge on any atom is -0.466 e. The monoisotopic (exact) mass is 410 g/mol. The molecule has 7 heteroatoms. The zero-order valence-corrected chi connectivity index (χ0v) is 15.9. The number of hydrogen-bond donors (Lipinski definition) is 1. The Hall–Kier alpha value is -1.89. The molecule has 1 saturated heterocycles. The van der Waals surface area contributed by atoms with Crippen LogP contribution in [0.25, 0.3) is 0 Å². The molecule has 1 aliphatic rings. The second-order valence-corrected chi connectivity index (χ2v) is 6.84. The number of carbonyl (C=O) groups excluding carboxylic acids is 3. The number of hydrogen-bond acceptors (Lipinski definition) is 4. The molecular formula is C18H23BrN2O4. The molecule has 1 aromatic rings. The first-order valence-electron chi connectivity index (χ1n) is 8.49. The average Bonchev–Trinajstić information content (AvgIpc) is 2.62. The van der Waals surface area contributed by atoms with Crippen LogP contribution in [-0.2, 0) is 14.3 Å². The van der Waals surface area contributed by atoms with E-state index in [9.17, 15) is 14.4 Å². The van der Waals surface area contributed by atoms with E-state index >= 15 is 0 Å². The van der Waals surface area contributed by atoms with Gasteiger partial charge >= 0.3 is 5.97 Å². The highest BCUT2D eigenvalue weighted by atomic mass is 79.9. The third kappa shape index (κ3) is 5.85. The third-order valence-electron chi connectivity index (χ3n) is 4.20. The highest BCUT2D eigenvalue weighted by Gasteiger charge is 2.27. The summed E-state index contributed by atoms with van der Waals surface area (Å²) in [6.07, 6.45) is 1.53. The number of benzene rings is 1. The van der Waals surface area contributed by atoms with Gasteiger partial charge in [0.05, 0.1) is 12.5 Å². The average molecular weight is 411 g/mol. The van der Waals surface area contributed by atoms with E-state index in [1.54, 1.807) is 36.1 Å². The van der Waals surface area contributed by atoms with Gasteiger partial charge in [0.2, 0.25) is 5.91 Å². The Labute approximate surface area is 156 Å². The maximum atomic E-state index is 12.2. The molecule has 0 atom stereocenters. The Balaban J connectivity index is 1.70. The van der Waals surface area contributed by atoms with Gasteiger partial charge in [-0.05, 0) is 44.0 Å². The number of halogens is 1. The molecular weight excluding hydrogens is 388 g/mol. The lowest BCUT2D eigenvalue weighted by Crippen LogP contribution is -2.41. The number of amides is 2. The molecule has 0 aromatic heterocycles. The molecule has 0 radical (unpaired) electrons. The summed E-state index contributed by atoms with van der Waals surface area (Å²) in [5, 5.41) is 2.76. The summed E-state index contributed by atoms with van der Waals surface area (Å²) in [7, 11) is 0. The van der Waals surface area contributed by atoms with Gasteiger partial charge in [-0.15, -0.1) is 0 Å². The van der Waals surface area contributed by atoms with E-state index in [4.69, 9.17) is 4.74 Å². The summed E-state index contributed by atoms with van der Waals surface area (Å²) >= 11 is 3.32. The van der Waals surface area contributed by atoms with Crippen LogP contribution >= 0.6 is 15.9 Å². The maximum absolute atomic E-state index is 12.2. The van der Waals surface area contributed by atoms with Crippen molar-refractivity contribution in [2.75, 3.05) is 26.2 Å². The highest BCUT2D eigenvalue weighted by Crippen LogP contribution is 2.19. The first-order chi connectivity index (χ1) is 12.0. The molecule has 136 valence electrons. The molecule has 0 bridgehead atoms. The van der Waals surface area contributed by atoms with Gasteiger partial charge in [-0.1, -0.05) is 15.9 Å². The lowest BCUT2D eigenvalue weighted by atomic mass is 9.97. The summed E-state index contributed by atoms with van der Waals surface area (Å²) in [5.41, 5.74) is 0.561. The van der Waals surface area contributed by atoms with E-state index in [-0.39, 0.29) is 30.1 Å². The summed E-state index contributed by atoms with van der Waals surface area (Å²) in [6.45, 7) is 3.59. The predicted molar refractivity (Wildman–Crippen MR) is 97.0 cm³/mol. The number of carbonyl (C=O) groups is 3. The first kappa shape index (κ1) is 19.4. The number of rotatable bonds is 6. The fraction of sp³-hybridized carbons (Fsp3) is 0.500. The maximum Gasteiger partial charge on any atom is 0.309 e. The molecule has 0 saturated carbocycles. The molecule has 0 spiro atoms. The molecule has 1 aromatic carbocycles. The zero-order chi connectivity index (χ0) is 18.2. The Morgan fingerprint density at radius 3 is 2.44 bits per heavy atom. The lowest BCUT2D eigenvalue weighted by molar-refractivity contribution is -0.151. The number of nitrogens with zero attached hydrogens (tertiary/aromatic N) is 1. The number of nitrogens with one attached hydrogen (secondary N) is 1. The van der Waals surface area contributed by atoms with Gasteiger partial charge in [0.1, 0.15) is 0 Å². The number of esters is 1. The fourth-order valence-electron chi connectivity index (χ4n) is 2.77. The number of ether oxygens (including phenoxy) is 1. The van der Waals surface area contributed by atoms with Crippen molar-refractivity contribution in [1.29, 1.82) is 0 Å². The first-order valence-corrected chi connectivity index (χ1v) is 9.28. The largest absolute Gasteiger partial charge is 0.466 e. The molecule has 1 N–H and O–H groups in total. The van der Waals surface area contributed by atoms with Crippen LogP contribution < -0.4 is 5.32 Å². The molecule has 1 aliphatic heterocycles. The summed E-state index contributed by atoms with van der Waals surface area (Å²) in [4.78, 5) is 37.7. The summed E-state index contributed by atoms with van der Waals surface area (Å²) in [6, 6.07) is 7.05. The van der Waals surface area contributed by atoms with Crippen molar-refractivity contribution in [3.8, 4) is 0 Å². The van der Waals surface area contributed by atoms with Crippen LogP contribution in [-0.4, -0.2) is 48.9 Å². The van der Waals surface area contributed by atoms with E-state index < -0.39 is 0 Å². The van der Waals surface area contributed by atoms with E-state index in [0.717, 1.165) is 4.47 Å². The minimum absolute atomic E-state index is 0.00147. The van der Waals surface area contributed by atoms with Gasteiger partial charge in [0.15, 0.2) is 0 Å². The van der Waals surface area contributed by atoms with Crippen LogP contribution in [0.1, 0.15) is 36.5 Å². The van der Waals surface area contributed by atoms with E-state index in [2.05, 4.69) is 21.2 Å². The fourth-order valence-corrected chi connectivity index (χ4v) is 3.03. The van der Waals surface area contributed by atoms with Crippen molar-refractivity contribution < 1.29 is 19.1 Å². The van der Waals surface area contributed by atoms with Crippen LogP contribution in [0.2, 0.25) is 0 Å². The van der Waals surface area contributed by atoms with E-state index in [1.165, 1.54) is 0 Å². The third-order valence-corrected chi connectivity index (χ3v) is 4.73. The molecule has 1 heterocycles. The van der Waals surface area contributed by atoms with Crippen molar-refractivity contribution >= 4 is 33.7 Å². The van der Waals surface area contributed by atoms with Gasteiger partial charge in [0, 0.05) is 36.1 Å². The Kier molecular flexibility index (Phi) is 7.43. The second kappa shape index (κ2) is 9.56. The van der Waals surface area contributed by atoms with Crippen LogP contribution in [0.3, 0.4) is 0 Å². The van der Waals surface area contributed by atoms with Crippen LogP contribution in [0.4, 0.5) is 0 Å². The number of likely N-dealkylation sites (tertiary alicyclic amines) is 1. The number of piperidine rings is 1. The standard InChI is InChI=1S/C18H23BrN2O4/c1-2-25-18(24)14-8-11-21(12-9-14)16(22)7-10-20-17(23)13-3-5-15(19)6-4-13/h3-6,14H,2,7-12H2,1H3,(H,20,23). The molecule has 25 heavy (non-hydrogen) atoms. The van der Waals surface area contributed by atoms with Crippen molar-refractivity contribution in [2.24, 2.45) is 5.92 Å². The summed E-state index contributed by atoms with van der Waals surface area (Å²) < 4.78 is 5.93. The minimum atomic E-state index is -0.193. The lowest BCUT2D eigenvalue weighted by Gasteiger charge is -2.31. The van der Waals surface area contributed by atoms with E-state index in [1.807, 2.05) is 0 Å². The van der Waals surface area contributed by atoms with Gasteiger partial charge in [-0.25, -0.2) is 0 Å². The highest BCUT2D eigenvalue weighted by molar-refractivity contribution is 9.10. The Bertz CT molecular complexity index is 610. The molecule has 0 unspecified atom stereocenters. The predicted octanol–water partition coefficient (Wildman–Crippen LogP) is 2.37. The van der Waals surface area contributed by atoms with Crippen molar-refractivity contribution in [1.82, 2.24) is 10.2 Å². The Morgan fingerprint density at radius 1 is 1.20 bits per heavy atom. The van der Waals surface area contributed by atoms with Crippen LogP contribution in [0, 0.1) is 5.92 Å². The van der Waals surface area contributed by atoms with Gasteiger partial charge in [0.25, 0.3) is 5.91 Å². The molecule has 0 aliphatic carbocycles.